The molecule has 1 saturated heterocycles. The minimum atomic E-state index is 0. The summed E-state index contributed by atoms with van der Waals surface area (Å²) < 4.78 is 2.08. The first-order valence-electron chi connectivity index (χ1n) is 10.9. The maximum absolute atomic E-state index is 4.76. The van der Waals surface area contributed by atoms with Crippen LogP contribution >= 0.6 is 24.0 Å². The second-order valence-electron chi connectivity index (χ2n) is 7.34. The van der Waals surface area contributed by atoms with Crippen LogP contribution < -0.4 is 15.5 Å². The fourth-order valence-corrected chi connectivity index (χ4v) is 3.58. The normalized spacial score (nSPS) is 14.7. The average Bonchev–Trinajstić information content (AvgIpc) is 3.02. The Bertz CT molecular complexity index is 768. The lowest BCUT2D eigenvalue weighted by Gasteiger charge is -2.21. The summed E-state index contributed by atoms with van der Waals surface area (Å²) in [5.41, 5.74) is 1.18. The van der Waals surface area contributed by atoms with E-state index in [0.717, 1.165) is 56.7 Å². The molecule has 0 amide bonds. The smallest absolute Gasteiger partial charge is 0.191 e. The van der Waals surface area contributed by atoms with E-state index in [1.165, 1.54) is 31.2 Å². The molecule has 0 aromatic carbocycles. The first-order valence-corrected chi connectivity index (χ1v) is 10.9. The summed E-state index contributed by atoms with van der Waals surface area (Å²) in [5, 5.41) is 14.8. The van der Waals surface area contributed by atoms with Crippen molar-refractivity contribution in [2.45, 2.75) is 59.0 Å². The summed E-state index contributed by atoms with van der Waals surface area (Å²) >= 11 is 0. The van der Waals surface area contributed by atoms with Gasteiger partial charge < -0.3 is 20.1 Å². The van der Waals surface area contributed by atoms with Gasteiger partial charge in [-0.15, -0.1) is 34.2 Å². The Hall–Kier alpha value is -1.91. The van der Waals surface area contributed by atoms with E-state index >= 15 is 0 Å². The molecule has 1 aliphatic rings. The molecule has 0 atom stereocenters. The van der Waals surface area contributed by atoms with Gasteiger partial charge in [-0.05, 0) is 37.5 Å². The number of nitrogens with zero attached hydrogens (tertiary/aromatic N) is 6. The van der Waals surface area contributed by atoms with E-state index in [-0.39, 0.29) is 24.0 Å². The highest BCUT2D eigenvalue weighted by Crippen LogP contribution is 2.18. The van der Waals surface area contributed by atoms with Crippen LogP contribution in [-0.2, 0) is 19.5 Å². The third-order valence-corrected chi connectivity index (χ3v) is 5.16. The van der Waals surface area contributed by atoms with Crippen molar-refractivity contribution in [3.63, 3.8) is 0 Å². The van der Waals surface area contributed by atoms with Gasteiger partial charge in [0, 0.05) is 45.3 Å². The summed E-state index contributed by atoms with van der Waals surface area (Å²) in [6.07, 6.45) is 9.74. The van der Waals surface area contributed by atoms with Crippen LogP contribution in [0.2, 0.25) is 0 Å². The number of anilines is 1. The van der Waals surface area contributed by atoms with Gasteiger partial charge >= 0.3 is 0 Å². The Morgan fingerprint density at radius 1 is 1.13 bits per heavy atom. The molecule has 166 valence electrons. The number of halogens is 1. The van der Waals surface area contributed by atoms with Gasteiger partial charge in [0.05, 0.1) is 6.54 Å². The van der Waals surface area contributed by atoms with E-state index in [2.05, 4.69) is 61.3 Å². The second kappa shape index (κ2) is 13.4. The van der Waals surface area contributed by atoms with Crippen LogP contribution in [0.15, 0.2) is 29.6 Å². The van der Waals surface area contributed by atoms with Crippen LogP contribution in [0.4, 0.5) is 5.82 Å². The molecule has 1 aliphatic heterocycles. The van der Waals surface area contributed by atoms with Crippen LogP contribution in [-0.4, -0.2) is 51.9 Å². The lowest BCUT2D eigenvalue weighted by molar-refractivity contribution is 0.632. The van der Waals surface area contributed by atoms with Crippen molar-refractivity contribution in [3.05, 3.63) is 36.0 Å². The van der Waals surface area contributed by atoms with Crippen molar-refractivity contribution < 1.29 is 0 Å². The number of nitrogens with one attached hydrogen (secondary N) is 2. The summed E-state index contributed by atoms with van der Waals surface area (Å²) in [6, 6.07) is 4.24. The molecule has 0 unspecified atom stereocenters. The fraction of sp³-hybridized carbons (Fsp3) is 0.619. The number of aryl methyl sites for hydroxylation is 1. The van der Waals surface area contributed by atoms with E-state index in [9.17, 15) is 0 Å². The molecule has 0 radical (unpaired) electrons. The second-order valence-corrected chi connectivity index (χ2v) is 7.34. The Kier molecular flexibility index (Phi) is 10.9. The molecule has 0 aliphatic carbocycles. The van der Waals surface area contributed by atoms with Crippen LogP contribution in [0.1, 0.15) is 50.9 Å². The van der Waals surface area contributed by atoms with Gasteiger partial charge in [0.1, 0.15) is 18.0 Å². The standard InChI is InChI=1S/C21H34N8.HI/c1-3-19-27-26-17-29(19)14-11-24-21(22-4-2)25-16-18-9-10-23-20(15-18)28-12-7-5-6-8-13-28;/h9-10,15,17H,3-8,11-14,16H2,1-2H3,(H2,22,24,25);1H. The van der Waals surface area contributed by atoms with Crippen LogP contribution in [0.5, 0.6) is 0 Å². The van der Waals surface area contributed by atoms with E-state index < -0.39 is 0 Å². The Labute approximate surface area is 197 Å². The quantitative estimate of drug-likeness (QED) is 0.313. The van der Waals surface area contributed by atoms with Gasteiger partial charge in [0.2, 0.25) is 0 Å². The monoisotopic (exact) mass is 526 g/mol. The summed E-state index contributed by atoms with van der Waals surface area (Å²) in [4.78, 5) is 11.8. The van der Waals surface area contributed by atoms with Crippen molar-refractivity contribution in [3.8, 4) is 0 Å². The Morgan fingerprint density at radius 2 is 1.93 bits per heavy atom. The van der Waals surface area contributed by atoms with Crippen LogP contribution in [0.25, 0.3) is 0 Å². The van der Waals surface area contributed by atoms with Crippen molar-refractivity contribution in [1.29, 1.82) is 0 Å². The molecule has 0 spiro atoms. The van der Waals surface area contributed by atoms with Gasteiger partial charge in [0.25, 0.3) is 0 Å². The number of guanidine groups is 1. The number of aliphatic imine (C=N–C) groups is 1. The maximum atomic E-state index is 4.76. The summed E-state index contributed by atoms with van der Waals surface area (Å²) in [7, 11) is 0. The molecule has 30 heavy (non-hydrogen) atoms. The SMILES string of the molecule is CCNC(=NCc1ccnc(N2CCCCCC2)c1)NCCn1cnnc1CC.I. The van der Waals surface area contributed by atoms with E-state index in [4.69, 9.17) is 4.99 Å². The van der Waals surface area contributed by atoms with Crippen LogP contribution in [0, 0.1) is 0 Å². The predicted molar refractivity (Wildman–Crippen MR) is 133 cm³/mol. The number of pyridine rings is 1. The van der Waals surface area contributed by atoms with Crippen molar-refractivity contribution >= 4 is 35.8 Å². The van der Waals surface area contributed by atoms with Crippen LogP contribution in [0.3, 0.4) is 0 Å². The first-order chi connectivity index (χ1) is 14.3. The third-order valence-electron chi connectivity index (χ3n) is 5.16. The Morgan fingerprint density at radius 3 is 2.67 bits per heavy atom. The zero-order chi connectivity index (χ0) is 20.3. The van der Waals surface area contributed by atoms with Crippen molar-refractivity contribution in [1.82, 2.24) is 30.4 Å². The maximum Gasteiger partial charge on any atom is 0.191 e. The molecular weight excluding hydrogens is 491 g/mol. The first kappa shape index (κ1) is 24.4. The summed E-state index contributed by atoms with van der Waals surface area (Å²) in [6.45, 7) is 9.42. The predicted octanol–water partition coefficient (Wildman–Crippen LogP) is 2.99. The molecule has 2 aromatic rings. The van der Waals surface area contributed by atoms with Gasteiger partial charge in [-0.1, -0.05) is 19.8 Å². The van der Waals surface area contributed by atoms with Gasteiger partial charge in [-0.3, -0.25) is 0 Å². The highest BCUT2D eigenvalue weighted by molar-refractivity contribution is 14.0. The van der Waals surface area contributed by atoms with Gasteiger partial charge in [-0.2, -0.15) is 0 Å². The molecule has 1 fully saturated rings. The van der Waals surface area contributed by atoms with Gasteiger partial charge in [0.15, 0.2) is 5.96 Å². The largest absolute Gasteiger partial charge is 0.357 e. The van der Waals surface area contributed by atoms with E-state index in [1.807, 2.05) is 6.20 Å². The highest BCUT2D eigenvalue weighted by atomic mass is 127. The zero-order valence-electron chi connectivity index (χ0n) is 18.2. The molecule has 3 heterocycles. The minimum absolute atomic E-state index is 0. The molecule has 9 heteroatoms. The van der Waals surface area contributed by atoms with Crippen molar-refractivity contribution in [2.75, 3.05) is 31.1 Å². The molecule has 2 N–H and O–H groups in total. The Balaban J connectivity index is 0.00000320. The highest BCUT2D eigenvalue weighted by Gasteiger charge is 2.11. The third kappa shape index (κ3) is 7.41. The van der Waals surface area contributed by atoms with E-state index in [0.29, 0.717) is 6.54 Å². The van der Waals surface area contributed by atoms with Gasteiger partial charge in [-0.25, -0.2) is 9.98 Å². The number of hydrogen-bond acceptors (Lipinski definition) is 5. The van der Waals surface area contributed by atoms with E-state index in [1.54, 1.807) is 6.33 Å². The minimum Gasteiger partial charge on any atom is -0.357 e. The number of rotatable bonds is 8. The summed E-state index contributed by atoms with van der Waals surface area (Å²) in [5.74, 6) is 2.91. The lowest BCUT2D eigenvalue weighted by Crippen LogP contribution is -2.38. The molecule has 0 saturated carbocycles. The average molecular weight is 526 g/mol. The number of hydrogen-bond donors (Lipinski definition) is 2. The molecule has 2 aromatic heterocycles. The molecular formula is C21H35IN8. The molecule has 3 rings (SSSR count). The topological polar surface area (TPSA) is 83.3 Å². The lowest BCUT2D eigenvalue weighted by atomic mass is 10.2. The zero-order valence-corrected chi connectivity index (χ0v) is 20.5. The number of aromatic nitrogens is 4. The van der Waals surface area contributed by atoms with Crippen molar-refractivity contribution in [2.24, 2.45) is 4.99 Å². The molecule has 8 nitrogen and oxygen atoms in total. The molecule has 0 bridgehead atoms. The fourth-order valence-electron chi connectivity index (χ4n) is 3.58.